The maximum atomic E-state index is 13.3. The van der Waals surface area contributed by atoms with Crippen LogP contribution in [0.5, 0.6) is 17.2 Å². The van der Waals surface area contributed by atoms with Crippen LogP contribution >= 0.6 is 0 Å². The molecule has 294 valence electrons. The molecule has 2 N–H and O–H groups in total. The van der Waals surface area contributed by atoms with Crippen LogP contribution in [0.1, 0.15) is 39.1 Å². The molecule has 4 amide bonds. The number of aromatic nitrogens is 2. The highest BCUT2D eigenvalue weighted by Gasteiger charge is 2.34. The lowest BCUT2D eigenvalue weighted by molar-refractivity contribution is -0.143. The molecule has 6 rings (SSSR count). The van der Waals surface area contributed by atoms with E-state index in [9.17, 15) is 28.8 Å². The molecule has 0 radical (unpaired) electrons. The van der Waals surface area contributed by atoms with Gasteiger partial charge in [0.25, 0.3) is 11.5 Å². The van der Waals surface area contributed by atoms with Gasteiger partial charge >= 0.3 is 0 Å². The number of aryl methyl sites for hydroxylation is 1. The number of likely N-dealkylation sites (tertiary alicyclic amines) is 1. The van der Waals surface area contributed by atoms with E-state index in [1.165, 1.54) is 28.6 Å². The summed E-state index contributed by atoms with van der Waals surface area (Å²) in [6.07, 6.45) is 5.88. The molecule has 2 aliphatic rings. The number of hydrogen-bond donors (Lipinski definition) is 2. The van der Waals surface area contributed by atoms with Gasteiger partial charge in [0, 0.05) is 87.9 Å². The van der Waals surface area contributed by atoms with Crippen molar-refractivity contribution < 1.29 is 42.9 Å². The predicted octanol–water partition coefficient (Wildman–Crippen LogP) is 1.95. The molecule has 2 aromatic heterocycles. The Morgan fingerprint density at radius 3 is 2.50 bits per heavy atom. The van der Waals surface area contributed by atoms with Gasteiger partial charge in [0.1, 0.15) is 29.9 Å². The van der Waals surface area contributed by atoms with Crippen LogP contribution in [0.4, 0.5) is 0 Å². The monoisotopic (exact) mass is 768 g/mol. The molecule has 0 aliphatic carbocycles. The lowest BCUT2D eigenvalue weighted by Crippen LogP contribution is -2.53. The van der Waals surface area contributed by atoms with Crippen molar-refractivity contribution in [1.29, 1.82) is 0 Å². The van der Waals surface area contributed by atoms with Crippen LogP contribution in [-0.2, 0) is 32.7 Å². The highest BCUT2D eigenvalue weighted by molar-refractivity contribution is 6.06. The minimum Gasteiger partial charge on any atom is -0.496 e. The van der Waals surface area contributed by atoms with E-state index in [0.717, 1.165) is 22.1 Å². The van der Waals surface area contributed by atoms with Crippen molar-refractivity contribution >= 4 is 40.7 Å². The van der Waals surface area contributed by atoms with E-state index in [-0.39, 0.29) is 53.9 Å². The molecule has 0 bridgehead atoms. The number of imide groups is 1. The zero-order chi connectivity index (χ0) is 39.9. The Morgan fingerprint density at radius 1 is 1.05 bits per heavy atom. The number of fused-ring (bicyclic) bond motifs is 1. The van der Waals surface area contributed by atoms with Gasteiger partial charge in [-0.3, -0.25) is 39.1 Å². The molecule has 4 heterocycles. The number of likely N-dealkylation sites (N-methyl/N-ethyl adjacent to an activating group) is 1. The number of amides is 4. The number of piperidine rings is 1. The first-order valence-electron chi connectivity index (χ1n) is 18.1. The average Bonchev–Trinajstić information content (AvgIpc) is 3.19. The summed E-state index contributed by atoms with van der Waals surface area (Å²) in [5.41, 5.74) is 2.57. The molecule has 4 aromatic rings. The Labute approximate surface area is 322 Å². The molecule has 0 saturated carbocycles. The summed E-state index contributed by atoms with van der Waals surface area (Å²) in [5, 5.41) is 6.84. The van der Waals surface area contributed by atoms with Crippen LogP contribution in [0.2, 0.25) is 0 Å². The van der Waals surface area contributed by atoms with Gasteiger partial charge in [-0.25, -0.2) is 0 Å². The quantitative estimate of drug-likeness (QED) is 0.0960. The fourth-order valence-electron chi connectivity index (χ4n) is 6.85. The summed E-state index contributed by atoms with van der Waals surface area (Å²) in [7, 11) is 6.33. The van der Waals surface area contributed by atoms with Gasteiger partial charge < -0.3 is 38.6 Å². The SMILES string of the molecule is COc1cc(-c2cn(C)c(=O)c3cnccc23)cc(OC)c1CNCCOCC(=O)N1CC(COc2ccc(C=O)c(C(=O)N(C)C3CCC(=O)NC3=O)c2)C1. The maximum Gasteiger partial charge on any atom is 0.259 e. The second-order valence-corrected chi connectivity index (χ2v) is 13.7. The fraction of sp³-hybridized carbons (Fsp3) is 0.375. The Morgan fingerprint density at radius 2 is 1.80 bits per heavy atom. The first-order valence-corrected chi connectivity index (χ1v) is 18.1. The third-order valence-electron chi connectivity index (χ3n) is 10.0. The zero-order valence-electron chi connectivity index (χ0n) is 31.7. The maximum absolute atomic E-state index is 13.3. The molecule has 1 atom stereocenters. The van der Waals surface area contributed by atoms with E-state index >= 15 is 0 Å². The highest BCUT2D eigenvalue weighted by Crippen LogP contribution is 2.37. The molecule has 2 aromatic carbocycles. The smallest absolute Gasteiger partial charge is 0.259 e. The van der Waals surface area contributed by atoms with E-state index in [1.807, 2.05) is 18.2 Å². The van der Waals surface area contributed by atoms with Gasteiger partial charge in [-0.1, -0.05) is 0 Å². The van der Waals surface area contributed by atoms with E-state index < -0.39 is 17.9 Å². The summed E-state index contributed by atoms with van der Waals surface area (Å²) in [5.74, 6) is 0.0378. The number of nitrogens with zero attached hydrogens (tertiary/aromatic N) is 4. The third-order valence-corrected chi connectivity index (χ3v) is 10.0. The number of hydrogen-bond acceptors (Lipinski definition) is 12. The van der Waals surface area contributed by atoms with Gasteiger partial charge in [-0.15, -0.1) is 0 Å². The van der Waals surface area contributed by atoms with E-state index in [1.54, 1.807) is 50.8 Å². The molecule has 0 spiro atoms. The first-order chi connectivity index (χ1) is 27.0. The Balaban J connectivity index is 0.941. The standard InChI is InChI=1S/C40H44N6O10/c1-44-20-32(28-9-10-41-16-30(28)39(44)51)26-13-34(53-3)31(35(14-26)54-4)17-42-11-12-55-23-37(49)46-18-24(19-46)22-56-27-6-5-25(21-47)29(15-27)40(52)45(2)33-7-8-36(48)43-38(33)50/h5-6,9-10,13-16,20-21,24,33,42H,7-8,11-12,17-19,22-23H2,1-4H3,(H,43,48,50). The molecule has 2 saturated heterocycles. The summed E-state index contributed by atoms with van der Waals surface area (Å²) >= 11 is 0. The van der Waals surface area contributed by atoms with E-state index in [4.69, 9.17) is 18.9 Å². The number of benzene rings is 2. The van der Waals surface area contributed by atoms with E-state index in [2.05, 4.69) is 15.6 Å². The lowest BCUT2D eigenvalue weighted by atomic mass is 9.99. The topological polar surface area (TPSA) is 188 Å². The number of methoxy groups -OCH3 is 2. The average molecular weight is 769 g/mol. The van der Waals surface area contributed by atoms with Crippen LogP contribution in [0.15, 0.2) is 59.8 Å². The minimum absolute atomic E-state index is 0.0672. The van der Waals surface area contributed by atoms with Crippen molar-refractivity contribution in [3.63, 3.8) is 0 Å². The summed E-state index contributed by atoms with van der Waals surface area (Å²) in [6.45, 7) is 2.37. The van der Waals surface area contributed by atoms with Crippen molar-refractivity contribution in [3.05, 3.63) is 82.0 Å². The second kappa shape index (κ2) is 17.6. The molecule has 1 unspecified atom stereocenters. The van der Waals surface area contributed by atoms with Crippen LogP contribution in [0.25, 0.3) is 21.9 Å². The summed E-state index contributed by atoms with van der Waals surface area (Å²) in [4.78, 5) is 81.2. The van der Waals surface area contributed by atoms with Crippen molar-refractivity contribution in [2.75, 3.05) is 60.7 Å². The Kier molecular flexibility index (Phi) is 12.4. The first kappa shape index (κ1) is 39.6. The number of carbonyl (C=O) groups excluding carboxylic acids is 5. The van der Waals surface area contributed by atoms with Crippen molar-refractivity contribution in [3.8, 4) is 28.4 Å². The van der Waals surface area contributed by atoms with Gasteiger partial charge in [-0.05, 0) is 53.8 Å². The summed E-state index contributed by atoms with van der Waals surface area (Å²) in [6, 6.07) is 9.34. The zero-order valence-corrected chi connectivity index (χ0v) is 31.7. The molecular weight excluding hydrogens is 724 g/mol. The number of pyridine rings is 2. The highest BCUT2D eigenvalue weighted by atomic mass is 16.5. The number of ether oxygens (including phenoxy) is 4. The van der Waals surface area contributed by atoms with Gasteiger partial charge in [0.05, 0.1) is 38.4 Å². The third kappa shape index (κ3) is 8.56. The van der Waals surface area contributed by atoms with Gasteiger partial charge in [-0.2, -0.15) is 0 Å². The number of carbonyl (C=O) groups is 5. The van der Waals surface area contributed by atoms with Crippen LogP contribution in [0.3, 0.4) is 0 Å². The van der Waals surface area contributed by atoms with Crippen molar-refractivity contribution in [2.24, 2.45) is 13.0 Å². The van der Waals surface area contributed by atoms with E-state index in [0.29, 0.717) is 68.3 Å². The lowest BCUT2D eigenvalue weighted by Gasteiger charge is -2.39. The van der Waals surface area contributed by atoms with Crippen LogP contribution in [0, 0.1) is 5.92 Å². The second-order valence-electron chi connectivity index (χ2n) is 13.7. The Bertz CT molecular complexity index is 2190. The molecule has 2 aliphatic heterocycles. The number of nitrogens with one attached hydrogen (secondary N) is 2. The van der Waals surface area contributed by atoms with Crippen molar-refractivity contribution in [2.45, 2.75) is 25.4 Å². The minimum atomic E-state index is -0.832. The summed E-state index contributed by atoms with van der Waals surface area (Å²) < 4.78 is 24.6. The number of rotatable bonds is 16. The molecule has 2 fully saturated rings. The van der Waals surface area contributed by atoms with Crippen molar-refractivity contribution in [1.82, 2.24) is 30.0 Å². The molecule has 16 nitrogen and oxygen atoms in total. The number of aldehydes is 1. The predicted molar refractivity (Wildman–Crippen MR) is 204 cm³/mol. The van der Waals surface area contributed by atoms with Gasteiger partial charge in [0.2, 0.25) is 17.7 Å². The Hall–Kier alpha value is -6.13. The largest absolute Gasteiger partial charge is 0.496 e. The van der Waals surface area contributed by atoms with Crippen LogP contribution in [-0.4, -0.2) is 116 Å². The molecule has 56 heavy (non-hydrogen) atoms. The van der Waals surface area contributed by atoms with Gasteiger partial charge in [0.15, 0.2) is 6.29 Å². The molecular formula is C40H44N6O10. The normalized spacial score (nSPS) is 15.6. The molecule has 16 heteroatoms. The van der Waals surface area contributed by atoms with Crippen LogP contribution < -0.4 is 30.4 Å². The fourth-order valence-corrected chi connectivity index (χ4v) is 6.85.